The van der Waals surface area contributed by atoms with Crippen LogP contribution in [0.4, 0.5) is 0 Å². The zero-order chi connectivity index (χ0) is 12.6. The van der Waals surface area contributed by atoms with Crippen molar-refractivity contribution in [1.29, 1.82) is 0 Å². The molecule has 1 aromatic rings. The van der Waals surface area contributed by atoms with Gasteiger partial charge >= 0.3 is 0 Å². The van der Waals surface area contributed by atoms with Gasteiger partial charge in [-0.25, -0.2) is 9.97 Å². The molecule has 0 aromatic carbocycles. The van der Waals surface area contributed by atoms with Crippen LogP contribution in [0, 0.1) is 0 Å². The molecule has 0 aliphatic heterocycles. The van der Waals surface area contributed by atoms with Crippen LogP contribution in [-0.2, 0) is 10.3 Å². The lowest BCUT2D eigenvalue weighted by molar-refractivity contribution is -0.0848. The van der Waals surface area contributed by atoms with Crippen LogP contribution in [-0.4, -0.2) is 17.1 Å². The number of aromatic nitrogens is 2. The van der Waals surface area contributed by atoms with Gasteiger partial charge in [0.05, 0.1) is 10.2 Å². The predicted molar refractivity (Wildman–Crippen MR) is 71.4 cm³/mol. The van der Waals surface area contributed by atoms with Gasteiger partial charge in [0.1, 0.15) is 10.8 Å². The molecule has 1 aromatic heterocycles. The van der Waals surface area contributed by atoms with E-state index in [9.17, 15) is 0 Å². The maximum Gasteiger partial charge on any atom is 0.162 e. The number of rotatable bonds is 3. The molecule has 1 aliphatic carbocycles. The van der Waals surface area contributed by atoms with Crippen LogP contribution in [0.25, 0.3) is 0 Å². The SMILES string of the molecule is COC1(c2nc(Cl)c(Br)c(C(C)C)n2)CCC1. The van der Waals surface area contributed by atoms with Crippen LogP contribution in [0.3, 0.4) is 0 Å². The summed E-state index contributed by atoms with van der Waals surface area (Å²) in [5.41, 5.74) is 0.636. The fourth-order valence-corrected chi connectivity index (χ4v) is 2.85. The second kappa shape index (κ2) is 4.82. The molecule has 0 amide bonds. The Morgan fingerprint density at radius 3 is 2.41 bits per heavy atom. The molecule has 0 atom stereocenters. The van der Waals surface area contributed by atoms with Gasteiger partial charge in [0.15, 0.2) is 5.82 Å². The minimum absolute atomic E-state index is 0.303. The van der Waals surface area contributed by atoms with E-state index < -0.39 is 0 Å². The highest BCUT2D eigenvalue weighted by Crippen LogP contribution is 2.44. The lowest BCUT2D eigenvalue weighted by Gasteiger charge is -2.39. The third-order valence-electron chi connectivity index (χ3n) is 3.34. The van der Waals surface area contributed by atoms with Crippen molar-refractivity contribution < 1.29 is 4.74 Å². The molecule has 1 heterocycles. The van der Waals surface area contributed by atoms with Crippen molar-refractivity contribution in [2.75, 3.05) is 7.11 Å². The highest BCUT2D eigenvalue weighted by atomic mass is 79.9. The molecule has 1 aliphatic rings. The average molecular weight is 320 g/mol. The number of ether oxygens (including phenoxy) is 1. The Bertz CT molecular complexity index is 427. The van der Waals surface area contributed by atoms with Gasteiger partial charge in [-0.05, 0) is 41.1 Å². The van der Waals surface area contributed by atoms with Gasteiger partial charge in [-0.2, -0.15) is 0 Å². The van der Waals surface area contributed by atoms with E-state index in [1.54, 1.807) is 7.11 Å². The van der Waals surface area contributed by atoms with Gasteiger partial charge in [-0.3, -0.25) is 0 Å². The van der Waals surface area contributed by atoms with E-state index >= 15 is 0 Å². The predicted octanol–water partition coefficient (Wildman–Crippen LogP) is 4.04. The van der Waals surface area contributed by atoms with Crippen LogP contribution in [0.5, 0.6) is 0 Å². The van der Waals surface area contributed by atoms with Crippen molar-refractivity contribution >= 4 is 27.5 Å². The molecule has 1 saturated carbocycles. The molecule has 2 rings (SSSR count). The molecular formula is C12H16BrClN2O. The fourth-order valence-electron chi connectivity index (χ4n) is 2.04. The van der Waals surface area contributed by atoms with Gasteiger partial charge in [-0.1, -0.05) is 25.4 Å². The average Bonchev–Trinajstić information content (AvgIpc) is 2.21. The minimum atomic E-state index is -0.312. The summed E-state index contributed by atoms with van der Waals surface area (Å²) >= 11 is 9.60. The van der Waals surface area contributed by atoms with Crippen molar-refractivity contribution in [3.63, 3.8) is 0 Å². The molecule has 3 nitrogen and oxygen atoms in total. The van der Waals surface area contributed by atoms with E-state index in [4.69, 9.17) is 16.3 Å². The number of halogens is 2. The highest BCUT2D eigenvalue weighted by molar-refractivity contribution is 9.10. The van der Waals surface area contributed by atoms with Crippen molar-refractivity contribution in [3.05, 3.63) is 21.1 Å². The Hall–Kier alpha value is -0.190. The molecule has 0 unspecified atom stereocenters. The first-order valence-electron chi connectivity index (χ1n) is 5.79. The van der Waals surface area contributed by atoms with Crippen molar-refractivity contribution in [2.24, 2.45) is 0 Å². The van der Waals surface area contributed by atoms with Crippen LogP contribution in [0.1, 0.15) is 50.5 Å². The molecule has 0 saturated heterocycles. The Morgan fingerprint density at radius 2 is 2.00 bits per heavy atom. The van der Waals surface area contributed by atoms with Gasteiger partial charge in [-0.15, -0.1) is 0 Å². The molecule has 0 bridgehead atoms. The minimum Gasteiger partial charge on any atom is -0.370 e. The van der Waals surface area contributed by atoms with E-state index in [2.05, 4.69) is 39.7 Å². The zero-order valence-electron chi connectivity index (χ0n) is 10.3. The van der Waals surface area contributed by atoms with Crippen molar-refractivity contribution in [1.82, 2.24) is 9.97 Å². The van der Waals surface area contributed by atoms with Crippen LogP contribution < -0.4 is 0 Å². The summed E-state index contributed by atoms with van der Waals surface area (Å²) in [7, 11) is 1.72. The van der Waals surface area contributed by atoms with E-state index in [1.165, 1.54) is 0 Å². The zero-order valence-corrected chi connectivity index (χ0v) is 12.6. The third kappa shape index (κ3) is 2.23. The van der Waals surface area contributed by atoms with Gasteiger partial charge in [0.25, 0.3) is 0 Å². The summed E-state index contributed by atoms with van der Waals surface area (Å²) in [6.07, 6.45) is 3.10. The van der Waals surface area contributed by atoms with Crippen LogP contribution >= 0.6 is 27.5 Å². The molecule has 0 radical (unpaired) electrons. The molecule has 0 N–H and O–H groups in total. The molecule has 17 heavy (non-hydrogen) atoms. The fraction of sp³-hybridized carbons (Fsp3) is 0.667. The second-order valence-electron chi connectivity index (χ2n) is 4.74. The normalized spacial score (nSPS) is 18.2. The van der Waals surface area contributed by atoms with E-state index in [-0.39, 0.29) is 5.60 Å². The highest BCUT2D eigenvalue weighted by Gasteiger charge is 2.42. The van der Waals surface area contributed by atoms with Gasteiger partial charge < -0.3 is 4.74 Å². The number of nitrogens with zero attached hydrogens (tertiary/aromatic N) is 2. The lowest BCUT2D eigenvalue weighted by Crippen LogP contribution is -2.38. The maximum absolute atomic E-state index is 6.15. The van der Waals surface area contributed by atoms with Crippen molar-refractivity contribution in [3.8, 4) is 0 Å². The first kappa shape index (κ1) is 13.2. The van der Waals surface area contributed by atoms with Gasteiger partial charge in [0, 0.05) is 7.11 Å². The lowest BCUT2D eigenvalue weighted by atomic mass is 9.79. The van der Waals surface area contributed by atoms with E-state index in [1.807, 2.05) is 0 Å². The Labute approximate surface area is 115 Å². The summed E-state index contributed by atoms with van der Waals surface area (Å²) in [5, 5.41) is 0.474. The van der Waals surface area contributed by atoms with Gasteiger partial charge in [0.2, 0.25) is 0 Å². The topological polar surface area (TPSA) is 35.0 Å². The maximum atomic E-state index is 6.15. The number of hydrogen-bond donors (Lipinski definition) is 0. The van der Waals surface area contributed by atoms with Crippen molar-refractivity contribution in [2.45, 2.75) is 44.6 Å². The van der Waals surface area contributed by atoms with Crippen LogP contribution in [0.2, 0.25) is 5.15 Å². The molecule has 94 valence electrons. The van der Waals surface area contributed by atoms with E-state index in [0.29, 0.717) is 11.1 Å². The third-order valence-corrected chi connectivity index (χ3v) is 4.63. The number of methoxy groups -OCH3 is 1. The summed E-state index contributed by atoms with van der Waals surface area (Å²) in [5.74, 6) is 1.03. The Kier molecular flexibility index (Phi) is 3.76. The Balaban J connectivity index is 2.49. The number of hydrogen-bond acceptors (Lipinski definition) is 3. The first-order valence-corrected chi connectivity index (χ1v) is 6.96. The first-order chi connectivity index (χ1) is 8.00. The van der Waals surface area contributed by atoms with Crippen LogP contribution in [0.15, 0.2) is 4.47 Å². The summed E-state index contributed by atoms with van der Waals surface area (Å²) in [6, 6.07) is 0. The molecule has 0 spiro atoms. The second-order valence-corrected chi connectivity index (χ2v) is 5.89. The quantitative estimate of drug-likeness (QED) is 0.789. The molecule has 1 fully saturated rings. The molecule has 5 heteroatoms. The smallest absolute Gasteiger partial charge is 0.162 e. The summed E-state index contributed by atoms with van der Waals surface area (Å²) in [6.45, 7) is 4.18. The molecular weight excluding hydrogens is 304 g/mol. The largest absolute Gasteiger partial charge is 0.370 e. The monoisotopic (exact) mass is 318 g/mol. The summed E-state index contributed by atoms with van der Waals surface area (Å²) in [4.78, 5) is 8.99. The summed E-state index contributed by atoms with van der Waals surface area (Å²) < 4.78 is 6.39. The standard InChI is InChI=1S/C12H16BrClN2O/c1-7(2)9-8(13)10(14)16-11(15-9)12(17-3)5-4-6-12/h7H,4-6H2,1-3H3. The van der Waals surface area contributed by atoms with E-state index in [0.717, 1.165) is 35.3 Å². The Morgan fingerprint density at radius 1 is 1.35 bits per heavy atom.